The van der Waals surface area contributed by atoms with E-state index in [4.69, 9.17) is 39.5 Å². The lowest BCUT2D eigenvalue weighted by molar-refractivity contribution is -0.118. The summed E-state index contributed by atoms with van der Waals surface area (Å²) in [7, 11) is 0. The van der Waals surface area contributed by atoms with E-state index in [1.807, 2.05) is 6.07 Å². The van der Waals surface area contributed by atoms with Crippen LogP contribution in [-0.4, -0.2) is 28.2 Å². The molecular formula is C34H36BrCl3N4O4. The number of nitrogens with one attached hydrogen (secondary N) is 3. The molecule has 0 radical (unpaired) electrons. The fraction of sp³-hybridized carbons (Fsp3) is 0.324. The second-order valence-corrected chi connectivity index (χ2v) is 14.3. The second kappa shape index (κ2) is 14.3. The largest absolute Gasteiger partial charge is 0.483 e. The van der Waals surface area contributed by atoms with Gasteiger partial charge >= 0.3 is 0 Å². The van der Waals surface area contributed by atoms with E-state index in [9.17, 15) is 14.4 Å². The summed E-state index contributed by atoms with van der Waals surface area (Å²) in [6.45, 7) is 12.9. The van der Waals surface area contributed by atoms with Gasteiger partial charge in [0.2, 0.25) is 0 Å². The molecular weight excluding hydrogens is 715 g/mol. The molecule has 8 nitrogen and oxygen atoms in total. The first-order valence-electron chi connectivity index (χ1n) is 14.7. The zero-order valence-electron chi connectivity index (χ0n) is 26.4. The third-order valence-corrected chi connectivity index (χ3v) is 9.83. The van der Waals surface area contributed by atoms with E-state index >= 15 is 0 Å². The van der Waals surface area contributed by atoms with Crippen molar-refractivity contribution in [3.05, 3.63) is 101 Å². The first-order chi connectivity index (χ1) is 21.6. The molecule has 12 heteroatoms. The van der Waals surface area contributed by atoms with Crippen molar-refractivity contribution in [2.45, 2.75) is 65.2 Å². The van der Waals surface area contributed by atoms with Crippen LogP contribution in [0.3, 0.4) is 0 Å². The SMILES string of the molecule is CCC(C)(C)c1ccc(OCC(=O)Nc2cccc(C(=O)Nc3[nH]n(-c4c(Cl)cc(Cl)cc4Cl)c(=O)c3Br)c2)c(C(C)(C)CC)c1. The van der Waals surface area contributed by atoms with Crippen LogP contribution in [0, 0.1) is 0 Å². The third-order valence-electron chi connectivity index (χ3n) is 8.30. The Labute approximate surface area is 291 Å². The highest BCUT2D eigenvalue weighted by Crippen LogP contribution is 2.38. The van der Waals surface area contributed by atoms with E-state index in [0.29, 0.717) is 16.5 Å². The lowest BCUT2D eigenvalue weighted by atomic mass is 9.76. The number of aromatic nitrogens is 2. The van der Waals surface area contributed by atoms with E-state index in [2.05, 4.69) is 85.3 Å². The molecule has 3 aromatic carbocycles. The summed E-state index contributed by atoms with van der Waals surface area (Å²) in [6, 6.07) is 15.5. The number of nitrogens with zero attached hydrogens (tertiary/aromatic N) is 1. The summed E-state index contributed by atoms with van der Waals surface area (Å²) in [5.41, 5.74) is 2.43. The molecule has 0 saturated heterocycles. The van der Waals surface area contributed by atoms with Gasteiger partial charge in [0.15, 0.2) is 6.61 Å². The first kappa shape index (κ1) is 35.6. The highest BCUT2D eigenvalue weighted by Gasteiger charge is 2.27. The zero-order valence-corrected chi connectivity index (χ0v) is 30.3. The minimum Gasteiger partial charge on any atom is -0.483 e. The number of hydrogen-bond acceptors (Lipinski definition) is 4. The molecule has 1 heterocycles. The summed E-state index contributed by atoms with van der Waals surface area (Å²) in [6.07, 6.45) is 1.89. The molecule has 244 valence electrons. The van der Waals surface area contributed by atoms with Crippen LogP contribution in [-0.2, 0) is 15.6 Å². The van der Waals surface area contributed by atoms with Crippen LogP contribution in [0.5, 0.6) is 5.75 Å². The number of aromatic amines is 1. The van der Waals surface area contributed by atoms with Gasteiger partial charge in [-0.1, -0.05) is 94.5 Å². The molecule has 1 aromatic heterocycles. The Morgan fingerprint density at radius 2 is 1.57 bits per heavy atom. The van der Waals surface area contributed by atoms with Gasteiger partial charge in [0.05, 0.1) is 10.0 Å². The molecule has 46 heavy (non-hydrogen) atoms. The molecule has 0 aliphatic heterocycles. The van der Waals surface area contributed by atoms with E-state index in [-0.39, 0.29) is 54.9 Å². The van der Waals surface area contributed by atoms with Crippen molar-refractivity contribution in [3.8, 4) is 11.4 Å². The number of rotatable bonds is 11. The number of amides is 2. The van der Waals surface area contributed by atoms with Crippen molar-refractivity contribution in [2.24, 2.45) is 0 Å². The Bertz CT molecular complexity index is 1830. The number of H-pyrrole nitrogens is 1. The number of carbonyl (C=O) groups is 2. The number of benzene rings is 3. The Morgan fingerprint density at radius 3 is 2.20 bits per heavy atom. The Morgan fingerprint density at radius 1 is 0.913 bits per heavy atom. The Hall–Kier alpha value is -3.24. The molecule has 3 N–H and O–H groups in total. The van der Waals surface area contributed by atoms with E-state index < -0.39 is 11.5 Å². The fourth-order valence-corrected chi connectivity index (χ4v) is 6.02. The van der Waals surface area contributed by atoms with Crippen molar-refractivity contribution >= 4 is 74.1 Å². The number of ether oxygens (including phenoxy) is 1. The molecule has 4 aromatic rings. The van der Waals surface area contributed by atoms with Crippen molar-refractivity contribution in [2.75, 3.05) is 17.2 Å². The minimum absolute atomic E-state index is 0.0132. The summed E-state index contributed by atoms with van der Waals surface area (Å²) >= 11 is 21.8. The lowest BCUT2D eigenvalue weighted by Crippen LogP contribution is -2.24. The molecule has 0 aliphatic rings. The Kier molecular flexibility index (Phi) is 11.0. The Balaban J connectivity index is 1.47. The predicted molar refractivity (Wildman–Crippen MR) is 191 cm³/mol. The maximum Gasteiger partial charge on any atom is 0.287 e. The van der Waals surface area contributed by atoms with E-state index in [0.717, 1.165) is 23.1 Å². The predicted octanol–water partition coefficient (Wildman–Crippen LogP) is 9.53. The lowest BCUT2D eigenvalue weighted by Gasteiger charge is -2.30. The average molecular weight is 751 g/mol. The van der Waals surface area contributed by atoms with Crippen LogP contribution >= 0.6 is 50.7 Å². The molecule has 0 bridgehead atoms. The number of halogens is 4. The maximum absolute atomic E-state index is 13.2. The quantitative estimate of drug-likeness (QED) is 0.142. The van der Waals surface area contributed by atoms with Gasteiger partial charge in [-0.2, -0.15) is 0 Å². The van der Waals surface area contributed by atoms with Crippen LogP contribution in [0.15, 0.2) is 63.9 Å². The van der Waals surface area contributed by atoms with Crippen LogP contribution in [0.4, 0.5) is 11.5 Å². The first-order valence-corrected chi connectivity index (χ1v) is 16.6. The molecule has 0 aliphatic carbocycles. The normalized spacial score (nSPS) is 11.8. The van der Waals surface area contributed by atoms with Crippen LogP contribution in [0.2, 0.25) is 15.1 Å². The molecule has 4 rings (SSSR count). The molecule has 0 spiro atoms. The summed E-state index contributed by atoms with van der Waals surface area (Å²) in [4.78, 5) is 39.0. The summed E-state index contributed by atoms with van der Waals surface area (Å²) in [5.74, 6) is -0.162. The van der Waals surface area contributed by atoms with Gasteiger partial charge in [-0.3, -0.25) is 19.5 Å². The van der Waals surface area contributed by atoms with E-state index in [1.54, 1.807) is 18.2 Å². The van der Waals surface area contributed by atoms with Crippen molar-refractivity contribution < 1.29 is 14.3 Å². The minimum atomic E-state index is -0.531. The molecule has 0 atom stereocenters. The van der Waals surface area contributed by atoms with Crippen molar-refractivity contribution in [3.63, 3.8) is 0 Å². The fourth-order valence-electron chi connectivity index (χ4n) is 4.67. The molecule has 2 amide bonds. The summed E-state index contributed by atoms with van der Waals surface area (Å²) < 4.78 is 7.20. The number of carbonyl (C=O) groups excluding carboxylic acids is 2. The monoisotopic (exact) mass is 748 g/mol. The zero-order chi connectivity index (χ0) is 34.0. The topological polar surface area (TPSA) is 105 Å². The van der Waals surface area contributed by atoms with Gasteiger partial charge in [-0.05, 0) is 81.6 Å². The average Bonchev–Trinajstić information content (AvgIpc) is 3.27. The number of anilines is 2. The molecule has 0 unspecified atom stereocenters. The maximum atomic E-state index is 13.2. The van der Waals surface area contributed by atoms with Crippen LogP contribution < -0.4 is 20.9 Å². The van der Waals surface area contributed by atoms with Gasteiger partial charge in [-0.25, -0.2) is 4.68 Å². The van der Waals surface area contributed by atoms with Crippen LogP contribution in [0.25, 0.3) is 5.69 Å². The summed E-state index contributed by atoms with van der Waals surface area (Å²) in [5, 5.41) is 8.86. The van der Waals surface area contributed by atoms with Gasteiger partial charge in [0, 0.05) is 21.8 Å². The van der Waals surface area contributed by atoms with Crippen molar-refractivity contribution in [1.29, 1.82) is 0 Å². The third kappa shape index (κ3) is 7.82. The van der Waals surface area contributed by atoms with Gasteiger partial charge < -0.3 is 15.4 Å². The van der Waals surface area contributed by atoms with Crippen LogP contribution in [0.1, 0.15) is 75.9 Å². The van der Waals surface area contributed by atoms with Gasteiger partial charge in [-0.15, -0.1) is 0 Å². The highest BCUT2D eigenvalue weighted by molar-refractivity contribution is 9.10. The van der Waals surface area contributed by atoms with Crippen molar-refractivity contribution in [1.82, 2.24) is 9.78 Å². The number of hydrogen-bond donors (Lipinski definition) is 3. The van der Waals surface area contributed by atoms with Gasteiger partial charge in [0.25, 0.3) is 17.4 Å². The smallest absolute Gasteiger partial charge is 0.287 e. The van der Waals surface area contributed by atoms with E-state index in [1.165, 1.54) is 23.8 Å². The standard InChI is InChI=1S/C34H36BrCl3N4O4/c1-7-33(3,4)20-12-13-26(23(15-20)34(5,6)8-2)46-18-27(43)39-22-11-9-10-19(14-22)31(44)40-30-28(35)32(45)42(41-30)29-24(37)16-21(36)17-25(29)38/h9-17,41H,7-8,18H2,1-6H3,(H,39,43)(H,40,44). The second-order valence-electron chi connectivity index (χ2n) is 12.2. The highest BCUT2D eigenvalue weighted by atomic mass is 79.9. The van der Waals surface area contributed by atoms with Gasteiger partial charge in [0.1, 0.15) is 21.7 Å². The molecule has 0 fully saturated rings. The molecule has 0 saturated carbocycles.